The van der Waals surface area contributed by atoms with E-state index in [1.165, 1.54) is 12.1 Å². The van der Waals surface area contributed by atoms with Crippen LogP contribution in [0.2, 0.25) is 0 Å². The Kier molecular flexibility index (Phi) is 5.89. The number of hydrogen-bond acceptors (Lipinski definition) is 4. The number of rotatable bonds is 5. The molecule has 0 spiro atoms. The fourth-order valence-corrected chi connectivity index (χ4v) is 5.41. The lowest BCUT2D eigenvalue weighted by molar-refractivity contribution is -0.397. The zero-order chi connectivity index (χ0) is 24.1. The molecule has 0 aliphatic carbocycles. The van der Waals surface area contributed by atoms with E-state index in [1.807, 2.05) is 25.1 Å². The molecule has 1 fully saturated rings. The van der Waals surface area contributed by atoms with Gasteiger partial charge in [0.1, 0.15) is 0 Å². The second-order valence-electron chi connectivity index (χ2n) is 8.58. The fourth-order valence-electron chi connectivity index (χ4n) is 4.42. The molecule has 0 amide bonds. The van der Waals surface area contributed by atoms with E-state index in [9.17, 15) is 13.2 Å². The van der Waals surface area contributed by atoms with E-state index in [0.717, 1.165) is 27.0 Å². The predicted molar refractivity (Wildman–Crippen MR) is 129 cm³/mol. The first-order valence-electron chi connectivity index (χ1n) is 10.7. The third kappa shape index (κ3) is 4.09. The molecule has 2 aromatic heterocycles. The summed E-state index contributed by atoms with van der Waals surface area (Å²) in [5.74, 6) is 0. The van der Waals surface area contributed by atoms with Crippen LogP contribution in [0.5, 0.6) is 0 Å². The topological polar surface area (TPSA) is 48.7 Å². The Hall–Kier alpha value is -2.50. The Bertz CT molecular complexity index is 1320. The maximum Gasteiger partial charge on any atom is 0.416 e. The van der Waals surface area contributed by atoms with Crippen LogP contribution in [-0.4, -0.2) is 27.2 Å². The van der Waals surface area contributed by atoms with Gasteiger partial charge in [0.25, 0.3) is 0 Å². The molecule has 0 bridgehead atoms. The van der Waals surface area contributed by atoms with E-state index in [-0.39, 0.29) is 6.29 Å². The van der Waals surface area contributed by atoms with Gasteiger partial charge in [0.15, 0.2) is 18.2 Å². The van der Waals surface area contributed by atoms with Gasteiger partial charge in [0.2, 0.25) is 0 Å². The smallest absolute Gasteiger partial charge is 0.323 e. The molecular formula is C25H21F3IN3O2. The summed E-state index contributed by atoms with van der Waals surface area (Å²) in [5, 5.41) is 4.61. The van der Waals surface area contributed by atoms with Gasteiger partial charge in [-0.15, -0.1) is 0 Å². The molecule has 5 rings (SSSR count). The Balaban J connectivity index is 1.62. The molecule has 0 saturated carbocycles. The van der Waals surface area contributed by atoms with Crippen LogP contribution >= 0.6 is 22.6 Å². The molecule has 1 atom stereocenters. The highest BCUT2D eigenvalue weighted by molar-refractivity contribution is 14.1. The van der Waals surface area contributed by atoms with Gasteiger partial charge in [0, 0.05) is 11.8 Å². The standard InChI is InChI=1S/C25H21F3IN3O2/c1-15-33-23(34-15)24(2,12-16-6-4-3-5-7-16)21-20(29)14-30-22-19(13-31-32(21)22)17-8-10-18(11-9-17)25(26,27)28/h3-11,13-15,23H,12H2,1-2H3/t15?,23?,24-/m1/s1. The summed E-state index contributed by atoms with van der Waals surface area (Å²) < 4.78 is 53.6. The summed E-state index contributed by atoms with van der Waals surface area (Å²) in [4.78, 5) is 4.58. The van der Waals surface area contributed by atoms with Crippen molar-refractivity contribution in [3.63, 3.8) is 0 Å². The lowest BCUT2D eigenvalue weighted by Crippen LogP contribution is -2.54. The largest absolute Gasteiger partial charge is 0.416 e. The predicted octanol–water partition coefficient (Wildman–Crippen LogP) is 6.24. The first kappa shape index (κ1) is 23.3. The van der Waals surface area contributed by atoms with Crippen molar-refractivity contribution in [3.8, 4) is 11.1 Å². The van der Waals surface area contributed by atoms with Gasteiger partial charge in [-0.2, -0.15) is 18.3 Å². The molecule has 176 valence electrons. The normalized spacial score (nSPS) is 20.2. The fraction of sp³-hybridized carbons (Fsp3) is 0.280. The average Bonchev–Trinajstić information content (AvgIpc) is 3.20. The van der Waals surface area contributed by atoms with Gasteiger partial charge >= 0.3 is 6.18 Å². The van der Waals surface area contributed by atoms with E-state index in [2.05, 4.69) is 51.7 Å². The van der Waals surface area contributed by atoms with Crippen molar-refractivity contribution < 1.29 is 22.6 Å². The molecule has 9 heteroatoms. The maximum atomic E-state index is 13.0. The van der Waals surface area contributed by atoms with Crippen molar-refractivity contribution in [3.05, 3.63) is 87.4 Å². The second-order valence-corrected chi connectivity index (χ2v) is 9.74. The monoisotopic (exact) mass is 579 g/mol. The van der Waals surface area contributed by atoms with Crippen LogP contribution < -0.4 is 0 Å². The Labute approximate surface area is 208 Å². The average molecular weight is 579 g/mol. The Morgan fingerprint density at radius 3 is 2.29 bits per heavy atom. The maximum absolute atomic E-state index is 13.0. The van der Waals surface area contributed by atoms with E-state index in [0.29, 0.717) is 23.2 Å². The molecular weight excluding hydrogens is 558 g/mol. The van der Waals surface area contributed by atoms with Crippen LogP contribution in [0.1, 0.15) is 30.7 Å². The van der Waals surface area contributed by atoms with Gasteiger partial charge in [-0.3, -0.25) is 0 Å². The van der Waals surface area contributed by atoms with Gasteiger partial charge in [-0.05, 0) is 66.1 Å². The number of nitrogens with zero attached hydrogens (tertiary/aromatic N) is 3. The summed E-state index contributed by atoms with van der Waals surface area (Å²) in [7, 11) is 0. The number of fused-ring (bicyclic) bond motifs is 1. The van der Waals surface area contributed by atoms with Gasteiger partial charge < -0.3 is 9.47 Å². The van der Waals surface area contributed by atoms with Crippen molar-refractivity contribution in [1.29, 1.82) is 0 Å². The van der Waals surface area contributed by atoms with E-state index < -0.39 is 23.4 Å². The van der Waals surface area contributed by atoms with Gasteiger partial charge in [0.05, 0.1) is 26.4 Å². The minimum atomic E-state index is -4.39. The van der Waals surface area contributed by atoms with Crippen LogP contribution in [0.15, 0.2) is 67.0 Å². The second kappa shape index (κ2) is 8.62. The molecule has 0 radical (unpaired) electrons. The zero-order valence-electron chi connectivity index (χ0n) is 18.4. The van der Waals surface area contributed by atoms with Crippen LogP contribution in [0.25, 0.3) is 16.8 Å². The van der Waals surface area contributed by atoms with E-state index >= 15 is 0 Å². The molecule has 4 aromatic rings. The van der Waals surface area contributed by atoms with Gasteiger partial charge in [-0.1, -0.05) is 42.5 Å². The summed E-state index contributed by atoms with van der Waals surface area (Å²) in [5.41, 5.74) is 2.51. The van der Waals surface area contributed by atoms with Crippen molar-refractivity contribution in [2.45, 2.75) is 44.4 Å². The molecule has 2 aromatic carbocycles. The third-order valence-corrected chi connectivity index (χ3v) is 6.90. The van der Waals surface area contributed by atoms with Crippen LogP contribution in [0, 0.1) is 3.57 Å². The number of aromatic nitrogens is 3. The molecule has 0 unspecified atom stereocenters. The van der Waals surface area contributed by atoms with E-state index in [1.54, 1.807) is 16.9 Å². The van der Waals surface area contributed by atoms with Crippen LogP contribution in [0.4, 0.5) is 13.2 Å². The van der Waals surface area contributed by atoms with Crippen molar-refractivity contribution in [2.24, 2.45) is 0 Å². The molecule has 34 heavy (non-hydrogen) atoms. The highest BCUT2D eigenvalue weighted by Gasteiger charge is 2.48. The number of benzene rings is 2. The molecule has 5 nitrogen and oxygen atoms in total. The summed E-state index contributed by atoms with van der Waals surface area (Å²) >= 11 is 2.23. The first-order valence-corrected chi connectivity index (χ1v) is 11.8. The Morgan fingerprint density at radius 1 is 1.00 bits per heavy atom. The third-order valence-electron chi connectivity index (χ3n) is 6.11. The lowest BCUT2D eigenvalue weighted by atomic mass is 9.78. The lowest BCUT2D eigenvalue weighted by Gasteiger charge is -2.46. The summed E-state index contributed by atoms with van der Waals surface area (Å²) in [6.45, 7) is 3.93. The minimum absolute atomic E-state index is 0.296. The minimum Gasteiger partial charge on any atom is -0.323 e. The quantitative estimate of drug-likeness (QED) is 0.263. The highest BCUT2D eigenvalue weighted by atomic mass is 127. The molecule has 1 aliphatic heterocycles. The zero-order valence-corrected chi connectivity index (χ0v) is 20.5. The van der Waals surface area contributed by atoms with Crippen molar-refractivity contribution >= 4 is 28.2 Å². The van der Waals surface area contributed by atoms with Crippen molar-refractivity contribution in [2.75, 3.05) is 0 Å². The van der Waals surface area contributed by atoms with E-state index in [4.69, 9.17) is 9.47 Å². The summed E-state index contributed by atoms with van der Waals surface area (Å²) in [6, 6.07) is 15.1. The molecule has 1 saturated heterocycles. The number of alkyl halides is 3. The number of hydrogen-bond donors (Lipinski definition) is 0. The number of ether oxygens (including phenoxy) is 2. The van der Waals surface area contributed by atoms with Crippen LogP contribution in [-0.2, 0) is 27.5 Å². The van der Waals surface area contributed by atoms with Crippen LogP contribution in [0.3, 0.4) is 0 Å². The van der Waals surface area contributed by atoms with Gasteiger partial charge in [-0.25, -0.2) is 9.50 Å². The van der Waals surface area contributed by atoms with Crippen molar-refractivity contribution in [1.82, 2.24) is 14.6 Å². The Morgan fingerprint density at radius 2 is 1.68 bits per heavy atom. The first-order chi connectivity index (χ1) is 16.2. The SMILES string of the molecule is CC1OC([C@](C)(Cc2ccccc2)c2c(I)cnc3c(-c4ccc(C(F)(F)F)cc4)cnn23)O1. The molecule has 1 aliphatic rings. The number of halogens is 4. The molecule has 0 N–H and O–H groups in total. The summed E-state index contributed by atoms with van der Waals surface area (Å²) in [6.07, 6.45) is -1.14. The molecule has 3 heterocycles. The highest BCUT2D eigenvalue weighted by Crippen LogP contribution is 2.42.